The predicted molar refractivity (Wildman–Crippen MR) is 51.4 cm³/mol. The molecule has 1 atom stereocenters. The van der Waals surface area contributed by atoms with E-state index in [2.05, 4.69) is 11.0 Å². The number of allylic oxidation sites excluding steroid dienone is 1. The molecule has 0 aromatic carbocycles. The lowest BCUT2D eigenvalue weighted by Crippen LogP contribution is -2.52. The third kappa shape index (κ3) is 2.56. The van der Waals surface area contributed by atoms with Gasteiger partial charge >= 0.3 is 5.97 Å². The number of likely N-dealkylation sites (tertiary alicyclic amines) is 1. The van der Waals surface area contributed by atoms with Gasteiger partial charge in [-0.25, -0.2) is 0 Å². The van der Waals surface area contributed by atoms with Crippen molar-refractivity contribution in [3.63, 3.8) is 0 Å². The van der Waals surface area contributed by atoms with Crippen LogP contribution in [-0.4, -0.2) is 37.1 Å². The molecule has 0 N–H and O–H groups in total. The maximum Gasteiger partial charge on any atom is 0.323 e. The van der Waals surface area contributed by atoms with E-state index in [0.717, 1.165) is 25.9 Å². The van der Waals surface area contributed by atoms with Crippen molar-refractivity contribution < 1.29 is 9.53 Å². The number of hydrogen-bond acceptors (Lipinski definition) is 3. The molecule has 1 aliphatic rings. The van der Waals surface area contributed by atoms with E-state index in [0.29, 0.717) is 0 Å². The van der Waals surface area contributed by atoms with E-state index >= 15 is 0 Å². The van der Waals surface area contributed by atoms with E-state index in [1.165, 1.54) is 7.11 Å². The monoisotopic (exact) mass is 183 g/mol. The van der Waals surface area contributed by atoms with Gasteiger partial charge in [-0.2, -0.15) is 0 Å². The summed E-state index contributed by atoms with van der Waals surface area (Å²) in [5.74, 6) is -0.0910. The summed E-state index contributed by atoms with van der Waals surface area (Å²) in [5, 5.41) is 0. The van der Waals surface area contributed by atoms with E-state index in [1.54, 1.807) is 0 Å². The van der Waals surface area contributed by atoms with Crippen molar-refractivity contribution >= 4 is 5.97 Å². The highest BCUT2D eigenvalue weighted by molar-refractivity contribution is 5.76. The zero-order valence-electron chi connectivity index (χ0n) is 8.32. The van der Waals surface area contributed by atoms with Crippen LogP contribution in [-0.2, 0) is 9.53 Å². The van der Waals surface area contributed by atoms with Crippen molar-refractivity contribution in [1.29, 1.82) is 0 Å². The molecule has 1 aliphatic heterocycles. The molecule has 0 bridgehead atoms. The van der Waals surface area contributed by atoms with Crippen LogP contribution in [0.4, 0.5) is 0 Å². The normalized spacial score (nSPS) is 23.1. The zero-order valence-corrected chi connectivity index (χ0v) is 8.32. The van der Waals surface area contributed by atoms with Crippen LogP contribution in [0.5, 0.6) is 0 Å². The first kappa shape index (κ1) is 10.3. The smallest absolute Gasteiger partial charge is 0.323 e. The molecule has 0 aromatic heterocycles. The van der Waals surface area contributed by atoms with Gasteiger partial charge in [0.25, 0.3) is 0 Å². The molecule has 0 saturated carbocycles. The number of ether oxygens (including phenoxy) is 1. The quantitative estimate of drug-likeness (QED) is 0.484. The highest BCUT2D eigenvalue weighted by atomic mass is 16.5. The number of hydrogen-bond donors (Lipinski definition) is 0. The average Bonchev–Trinajstić information content (AvgIpc) is 2.10. The molecular weight excluding hydrogens is 166 g/mol. The Kier molecular flexibility index (Phi) is 3.96. The van der Waals surface area contributed by atoms with Crippen molar-refractivity contribution in [2.24, 2.45) is 0 Å². The molecule has 0 radical (unpaired) electrons. The summed E-state index contributed by atoms with van der Waals surface area (Å²) in [7, 11) is 1.45. The van der Waals surface area contributed by atoms with Crippen LogP contribution >= 0.6 is 0 Å². The maximum atomic E-state index is 11.2. The van der Waals surface area contributed by atoms with E-state index in [4.69, 9.17) is 4.74 Å². The Bertz CT molecular complexity index is 201. The Balaban J connectivity index is 2.24. The van der Waals surface area contributed by atoms with Crippen LogP contribution in [0.15, 0.2) is 12.2 Å². The van der Waals surface area contributed by atoms with Crippen LogP contribution in [0, 0.1) is 0 Å². The highest BCUT2D eigenvalue weighted by Crippen LogP contribution is 2.18. The Hall–Kier alpha value is -0.830. The molecule has 1 fully saturated rings. The third-order valence-electron chi connectivity index (χ3n) is 2.42. The summed E-state index contributed by atoms with van der Waals surface area (Å²) in [4.78, 5) is 13.3. The van der Waals surface area contributed by atoms with Crippen molar-refractivity contribution in [1.82, 2.24) is 4.90 Å². The van der Waals surface area contributed by atoms with Gasteiger partial charge in [-0.1, -0.05) is 12.2 Å². The minimum absolute atomic E-state index is 0.0234. The minimum Gasteiger partial charge on any atom is -0.468 e. The van der Waals surface area contributed by atoms with Crippen LogP contribution < -0.4 is 0 Å². The molecule has 0 spiro atoms. The molecule has 0 aliphatic carbocycles. The number of methoxy groups -OCH3 is 1. The fourth-order valence-electron chi connectivity index (χ4n) is 1.52. The van der Waals surface area contributed by atoms with Crippen molar-refractivity contribution in [3.05, 3.63) is 12.2 Å². The van der Waals surface area contributed by atoms with Crippen molar-refractivity contribution in [2.75, 3.05) is 20.2 Å². The second kappa shape index (κ2) is 5.02. The fraction of sp³-hybridized carbons (Fsp3) is 0.700. The van der Waals surface area contributed by atoms with Crippen LogP contribution in [0.2, 0.25) is 0 Å². The van der Waals surface area contributed by atoms with Gasteiger partial charge < -0.3 is 4.74 Å². The summed E-state index contributed by atoms with van der Waals surface area (Å²) in [5.41, 5.74) is 0. The lowest BCUT2D eigenvalue weighted by Gasteiger charge is -2.38. The first-order valence-electron chi connectivity index (χ1n) is 4.72. The maximum absolute atomic E-state index is 11.2. The van der Waals surface area contributed by atoms with Gasteiger partial charge in [0, 0.05) is 13.1 Å². The van der Waals surface area contributed by atoms with Crippen LogP contribution in [0.25, 0.3) is 0 Å². The lowest BCUT2D eigenvalue weighted by molar-refractivity contribution is -0.151. The number of carbonyl (C=O) groups excluding carboxylic acids is 1. The number of nitrogens with zero attached hydrogens (tertiary/aromatic N) is 1. The minimum atomic E-state index is -0.0910. The lowest BCUT2D eigenvalue weighted by atomic mass is 10.0. The summed E-state index contributed by atoms with van der Waals surface area (Å²) >= 11 is 0. The SMILES string of the molecule is C/C=C/CCN1CCC1C(=O)OC. The Morgan fingerprint density at radius 3 is 2.92 bits per heavy atom. The Morgan fingerprint density at radius 2 is 2.46 bits per heavy atom. The molecule has 0 aromatic rings. The van der Waals surface area contributed by atoms with E-state index in [9.17, 15) is 4.79 Å². The fourth-order valence-corrected chi connectivity index (χ4v) is 1.52. The largest absolute Gasteiger partial charge is 0.468 e. The standard InChI is InChI=1S/C10H17NO2/c1-3-4-5-7-11-8-6-9(11)10(12)13-2/h3-4,9H,5-8H2,1-2H3/b4-3+. The van der Waals surface area contributed by atoms with Gasteiger partial charge in [-0.15, -0.1) is 0 Å². The summed E-state index contributed by atoms with van der Waals surface area (Å²) in [6.45, 7) is 4.00. The number of carbonyl (C=O) groups is 1. The second-order valence-electron chi connectivity index (χ2n) is 3.22. The van der Waals surface area contributed by atoms with E-state index in [1.807, 2.05) is 13.0 Å². The summed E-state index contributed by atoms with van der Waals surface area (Å²) in [6.07, 6.45) is 6.12. The predicted octanol–water partition coefficient (Wildman–Crippen LogP) is 1.20. The Morgan fingerprint density at radius 1 is 1.69 bits per heavy atom. The second-order valence-corrected chi connectivity index (χ2v) is 3.22. The topological polar surface area (TPSA) is 29.5 Å². The van der Waals surface area contributed by atoms with Crippen LogP contribution in [0.3, 0.4) is 0 Å². The molecule has 1 unspecified atom stereocenters. The average molecular weight is 183 g/mol. The van der Waals surface area contributed by atoms with E-state index < -0.39 is 0 Å². The third-order valence-corrected chi connectivity index (χ3v) is 2.42. The van der Waals surface area contributed by atoms with Gasteiger partial charge in [0.2, 0.25) is 0 Å². The molecule has 0 amide bonds. The zero-order chi connectivity index (χ0) is 9.68. The summed E-state index contributed by atoms with van der Waals surface area (Å²) in [6, 6.07) is 0.0234. The molecular formula is C10H17NO2. The van der Waals surface area contributed by atoms with Crippen molar-refractivity contribution in [2.45, 2.75) is 25.8 Å². The molecule has 3 heteroatoms. The molecule has 1 rings (SSSR count). The molecule has 1 saturated heterocycles. The van der Waals surface area contributed by atoms with Gasteiger partial charge in [-0.3, -0.25) is 9.69 Å². The molecule has 13 heavy (non-hydrogen) atoms. The molecule has 3 nitrogen and oxygen atoms in total. The van der Waals surface area contributed by atoms with Gasteiger partial charge in [0.1, 0.15) is 6.04 Å². The molecule has 74 valence electrons. The van der Waals surface area contributed by atoms with Crippen LogP contribution in [0.1, 0.15) is 19.8 Å². The number of rotatable bonds is 4. The summed E-state index contributed by atoms with van der Waals surface area (Å²) < 4.78 is 4.69. The first-order chi connectivity index (χ1) is 6.29. The molecule has 1 heterocycles. The Labute approximate surface area is 79.4 Å². The van der Waals surface area contributed by atoms with Crippen molar-refractivity contribution in [3.8, 4) is 0 Å². The van der Waals surface area contributed by atoms with Gasteiger partial charge in [0.15, 0.2) is 0 Å². The van der Waals surface area contributed by atoms with Gasteiger partial charge in [-0.05, 0) is 19.8 Å². The first-order valence-corrected chi connectivity index (χ1v) is 4.72. The van der Waals surface area contributed by atoms with Gasteiger partial charge in [0.05, 0.1) is 7.11 Å². The highest BCUT2D eigenvalue weighted by Gasteiger charge is 2.33. The van der Waals surface area contributed by atoms with E-state index in [-0.39, 0.29) is 12.0 Å². The number of esters is 1.